The average Bonchev–Trinajstić information content (AvgIpc) is 3.25. The van der Waals surface area contributed by atoms with Crippen molar-refractivity contribution in [1.29, 1.82) is 0 Å². The van der Waals surface area contributed by atoms with Crippen LogP contribution in [0.1, 0.15) is 25.5 Å². The molecule has 1 saturated heterocycles. The van der Waals surface area contributed by atoms with Crippen LogP contribution in [0.4, 0.5) is 0 Å². The number of para-hydroxylation sites is 1. The van der Waals surface area contributed by atoms with Crippen molar-refractivity contribution in [2.24, 2.45) is 4.99 Å². The van der Waals surface area contributed by atoms with E-state index in [4.69, 9.17) is 14.2 Å². The molecule has 164 valence electrons. The van der Waals surface area contributed by atoms with E-state index in [0.29, 0.717) is 43.3 Å². The van der Waals surface area contributed by atoms with Gasteiger partial charge < -0.3 is 24.0 Å². The lowest BCUT2D eigenvalue weighted by Gasteiger charge is -2.34. The number of amidine groups is 1. The van der Waals surface area contributed by atoms with Gasteiger partial charge in [-0.05, 0) is 25.3 Å². The summed E-state index contributed by atoms with van der Waals surface area (Å²) in [5.41, 5.74) is 1.86. The molecule has 1 aromatic carbocycles. The van der Waals surface area contributed by atoms with Crippen molar-refractivity contribution < 1.29 is 23.8 Å². The molecule has 4 rings (SSSR count). The number of carbonyl (C=O) groups excluding carboxylic acids is 2. The van der Waals surface area contributed by atoms with Gasteiger partial charge in [-0.15, -0.1) is 0 Å². The number of hydrogen-bond acceptors (Lipinski definition) is 8. The Kier molecular flexibility index (Phi) is 6.62. The Labute approximate surface area is 185 Å². The van der Waals surface area contributed by atoms with Gasteiger partial charge in [-0.3, -0.25) is 4.79 Å². The first-order valence-electron chi connectivity index (χ1n) is 10.3. The van der Waals surface area contributed by atoms with Crippen molar-refractivity contribution in [1.82, 2.24) is 9.80 Å². The predicted molar refractivity (Wildman–Crippen MR) is 117 cm³/mol. The van der Waals surface area contributed by atoms with Crippen molar-refractivity contribution in [2.75, 3.05) is 39.5 Å². The molecule has 1 fully saturated rings. The summed E-state index contributed by atoms with van der Waals surface area (Å²) in [5.74, 6) is 0.0607. The van der Waals surface area contributed by atoms with Gasteiger partial charge in [0, 0.05) is 24.9 Å². The summed E-state index contributed by atoms with van der Waals surface area (Å²) in [7, 11) is 0. The minimum absolute atomic E-state index is 0.0767. The maximum absolute atomic E-state index is 12.8. The highest BCUT2D eigenvalue weighted by Gasteiger charge is 2.38. The number of benzene rings is 1. The van der Waals surface area contributed by atoms with Crippen molar-refractivity contribution in [3.8, 4) is 5.75 Å². The number of morpholine rings is 1. The number of hydrogen-bond donors (Lipinski definition) is 0. The zero-order valence-electron chi connectivity index (χ0n) is 17.6. The molecule has 1 aromatic rings. The van der Waals surface area contributed by atoms with Gasteiger partial charge in [-0.2, -0.15) is 0 Å². The number of rotatable bonds is 6. The Balaban J connectivity index is 1.63. The van der Waals surface area contributed by atoms with E-state index in [1.165, 1.54) is 11.8 Å². The van der Waals surface area contributed by atoms with Crippen molar-refractivity contribution >= 4 is 28.8 Å². The lowest BCUT2D eigenvalue weighted by Crippen LogP contribution is -2.43. The van der Waals surface area contributed by atoms with Crippen LogP contribution < -0.4 is 4.74 Å². The molecular weight excluding hydrogens is 418 g/mol. The molecule has 9 heteroatoms. The van der Waals surface area contributed by atoms with Gasteiger partial charge in [-0.25, -0.2) is 9.79 Å². The summed E-state index contributed by atoms with van der Waals surface area (Å²) in [5, 5.41) is 2.72. The smallest absolute Gasteiger partial charge is 0.338 e. The maximum Gasteiger partial charge on any atom is 0.338 e. The molecule has 3 aliphatic heterocycles. The van der Waals surface area contributed by atoms with E-state index in [2.05, 4.69) is 4.99 Å². The van der Waals surface area contributed by atoms with Crippen molar-refractivity contribution in [3.63, 3.8) is 0 Å². The minimum atomic E-state index is -0.451. The Bertz CT molecular complexity index is 952. The van der Waals surface area contributed by atoms with E-state index in [-0.39, 0.29) is 19.1 Å². The standard InChI is InChI=1S/C22H25N3O5S/c1-3-29-21(27)19-15(2)23-22-25(10-13-31-22)20(19)16-6-4-5-7-17(16)30-14-18(26)24-8-11-28-12-9-24/h4-7,10,13,20H,3,8-9,11-12,14H2,1-2H3/t20-/m1/s1. The normalized spacial score (nSPS) is 20.5. The molecule has 0 unspecified atom stereocenters. The average molecular weight is 444 g/mol. The molecular formula is C22H25N3O5S. The lowest BCUT2D eigenvalue weighted by atomic mass is 9.94. The van der Waals surface area contributed by atoms with E-state index in [1.54, 1.807) is 11.8 Å². The Hall–Kier alpha value is -2.78. The van der Waals surface area contributed by atoms with Crippen LogP contribution in [-0.2, 0) is 19.1 Å². The van der Waals surface area contributed by atoms with E-state index in [0.717, 1.165) is 10.7 Å². The molecule has 0 N–H and O–H groups in total. The maximum atomic E-state index is 12.8. The fourth-order valence-electron chi connectivity index (χ4n) is 3.76. The number of carbonyl (C=O) groups is 2. The summed E-state index contributed by atoms with van der Waals surface area (Å²) in [6.07, 6.45) is 1.90. The predicted octanol–water partition coefficient (Wildman–Crippen LogP) is 2.69. The first-order chi connectivity index (χ1) is 15.1. The molecule has 31 heavy (non-hydrogen) atoms. The van der Waals surface area contributed by atoms with Crippen LogP contribution in [0.3, 0.4) is 0 Å². The number of esters is 1. The Morgan fingerprint density at radius 2 is 2.03 bits per heavy atom. The number of allylic oxidation sites excluding steroid dienone is 1. The van der Waals surface area contributed by atoms with Gasteiger partial charge >= 0.3 is 5.97 Å². The zero-order chi connectivity index (χ0) is 21.8. The Morgan fingerprint density at radius 3 is 2.81 bits per heavy atom. The van der Waals surface area contributed by atoms with Crippen LogP contribution in [0.15, 0.2) is 52.1 Å². The first kappa shape index (κ1) is 21.5. The van der Waals surface area contributed by atoms with E-state index in [1.807, 2.05) is 47.7 Å². The summed E-state index contributed by atoms with van der Waals surface area (Å²) in [6, 6.07) is 7.02. The summed E-state index contributed by atoms with van der Waals surface area (Å²) < 4.78 is 16.6. The second kappa shape index (κ2) is 9.57. The highest BCUT2D eigenvalue weighted by atomic mass is 32.2. The zero-order valence-corrected chi connectivity index (χ0v) is 18.4. The van der Waals surface area contributed by atoms with E-state index < -0.39 is 12.0 Å². The molecule has 0 aromatic heterocycles. The van der Waals surface area contributed by atoms with Crippen LogP contribution in [0.2, 0.25) is 0 Å². The molecule has 0 radical (unpaired) electrons. The van der Waals surface area contributed by atoms with Gasteiger partial charge in [0.25, 0.3) is 5.91 Å². The van der Waals surface area contributed by atoms with Crippen LogP contribution in [0.25, 0.3) is 0 Å². The number of fused-ring (bicyclic) bond motifs is 1. The number of aliphatic imine (C=N–C) groups is 1. The van der Waals surface area contributed by atoms with Gasteiger partial charge in [0.05, 0.1) is 37.1 Å². The number of thioether (sulfide) groups is 1. The summed E-state index contributed by atoms with van der Waals surface area (Å²) >= 11 is 1.49. The van der Waals surface area contributed by atoms with Gasteiger partial charge in [0.15, 0.2) is 11.8 Å². The second-order valence-corrected chi connectivity index (χ2v) is 8.02. The second-order valence-electron chi connectivity index (χ2n) is 7.15. The third-order valence-corrected chi connectivity index (χ3v) is 6.02. The lowest BCUT2D eigenvalue weighted by molar-refractivity contribution is -0.139. The fourth-order valence-corrected chi connectivity index (χ4v) is 4.55. The van der Waals surface area contributed by atoms with Crippen LogP contribution in [0.5, 0.6) is 5.75 Å². The monoisotopic (exact) mass is 443 g/mol. The highest BCUT2D eigenvalue weighted by molar-refractivity contribution is 8.16. The molecule has 0 spiro atoms. The van der Waals surface area contributed by atoms with Crippen LogP contribution in [-0.4, -0.2) is 66.4 Å². The van der Waals surface area contributed by atoms with Gasteiger partial charge in [-0.1, -0.05) is 30.0 Å². The van der Waals surface area contributed by atoms with E-state index >= 15 is 0 Å². The minimum Gasteiger partial charge on any atom is -0.483 e. The molecule has 8 nitrogen and oxygen atoms in total. The SMILES string of the molecule is CCOC(=O)C1=C(C)N=C2SC=CN2[C@@H]1c1ccccc1OCC(=O)N1CCOCC1. The summed E-state index contributed by atoms with van der Waals surface area (Å²) in [4.78, 5) is 33.7. The third-order valence-electron chi connectivity index (χ3n) is 5.24. The molecule has 1 atom stereocenters. The number of amides is 1. The quantitative estimate of drug-likeness (QED) is 0.626. The van der Waals surface area contributed by atoms with Gasteiger partial charge in [0.2, 0.25) is 0 Å². The van der Waals surface area contributed by atoms with Crippen LogP contribution in [0, 0.1) is 0 Å². The highest BCUT2D eigenvalue weighted by Crippen LogP contribution is 2.43. The number of ether oxygens (including phenoxy) is 3. The Morgan fingerprint density at radius 1 is 1.26 bits per heavy atom. The third kappa shape index (κ3) is 4.47. The molecule has 1 amide bonds. The van der Waals surface area contributed by atoms with Gasteiger partial charge in [0.1, 0.15) is 5.75 Å². The molecule has 0 saturated carbocycles. The molecule has 3 heterocycles. The molecule has 0 aliphatic carbocycles. The van der Waals surface area contributed by atoms with Crippen molar-refractivity contribution in [3.05, 3.63) is 52.7 Å². The van der Waals surface area contributed by atoms with E-state index in [9.17, 15) is 9.59 Å². The largest absolute Gasteiger partial charge is 0.483 e. The first-order valence-corrected chi connectivity index (χ1v) is 11.1. The van der Waals surface area contributed by atoms with Crippen molar-refractivity contribution in [2.45, 2.75) is 19.9 Å². The molecule has 0 bridgehead atoms. The van der Waals surface area contributed by atoms with Crippen LogP contribution >= 0.6 is 11.8 Å². The number of nitrogens with zero attached hydrogens (tertiary/aromatic N) is 3. The summed E-state index contributed by atoms with van der Waals surface area (Å²) in [6.45, 7) is 6.00. The topological polar surface area (TPSA) is 80.7 Å². The molecule has 3 aliphatic rings. The fraction of sp³-hybridized carbons (Fsp3) is 0.409.